The lowest BCUT2D eigenvalue weighted by Crippen LogP contribution is -2.46. The van der Waals surface area contributed by atoms with Gasteiger partial charge in [-0.15, -0.1) is 10.2 Å². The Morgan fingerprint density at radius 2 is 1.70 bits per heavy atom. The Morgan fingerprint density at radius 1 is 1.04 bits per heavy atom. The van der Waals surface area contributed by atoms with Crippen molar-refractivity contribution in [3.05, 3.63) is 39.4 Å². The van der Waals surface area contributed by atoms with E-state index in [0.29, 0.717) is 5.92 Å². The van der Waals surface area contributed by atoms with Crippen molar-refractivity contribution in [3.63, 3.8) is 0 Å². The zero-order valence-corrected chi connectivity index (χ0v) is 13.4. The Balaban J connectivity index is 1.38. The average Bonchev–Trinajstić information content (AvgIpc) is 3.32. The Hall–Kier alpha value is -2.22. The fourth-order valence-electron chi connectivity index (χ4n) is 2.79. The van der Waals surface area contributed by atoms with Gasteiger partial charge >= 0.3 is 0 Å². The van der Waals surface area contributed by atoms with Gasteiger partial charge in [-0.3, -0.25) is 10.1 Å². The summed E-state index contributed by atoms with van der Waals surface area (Å²) >= 11 is 1.72. The van der Waals surface area contributed by atoms with Gasteiger partial charge in [0.1, 0.15) is 5.01 Å². The SMILES string of the molecule is O=[N+]([O-])c1ccc(N2CCN(c3nnc(C4CC4)s3)CC2)cc1. The highest BCUT2D eigenvalue weighted by Crippen LogP contribution is 2.42. The van der Waals surface area contributed by atoms with Crippen molar-refractivity contribution < 1.29 is 4.92 Å². The molecule has 7 nitrogen and oxygen atoms in total. The largest absolute Gasteiger partial charge is 0.368 e. The minimum absolute atomic E-state index is 0.133. The minimum Gasteiger partial charge on any atom is -0.368 e. The van der Waals surface area contributed by atoms with Crippen LogP contribution in [-0.2, 0) is 0 Å². The molecule has 2 aromatic rings. The molecule has 0 unspecified atom stereocenters. The van der Waals surface area contributed by atoms with Crippen LogP contribution < -0.4 is 9.80 Å². The van der Waals surface area contributed by atoms with Gasteiger partial charge in [0.05, 0.1) is 4.92 Å². The van der Waals surface area contributed by atoms with E-state index in [1.165, 1.54) is 17.8 Å². The first kappa shape index (κ1) is 14.4. The van der Waals surface area contributed by atoms with Crippen LogP contribution in [0.25, 0.3) is 0 Å². The predicted octanol–water partition coefficient (Wildman–Crippen LogP) is 2.65. The third-order valence-corrected chi connectivity index (χ3v) is 5.48. The summed E-state index contributed by atoms with van der Waals surface area (Å²) in [7, 11) is 0. The molecule has 120 valence electrons. The normalized spacial score (nSPS) is 18.3. The van der Waals surface area contributed by atoms with Crippen molar-refractivity contribution in [1.82, 2.24) is 10.2 Å². The molecule has 0 N–H and O–H groups in total. The molecule has 0 amide bonds. The first-order chi connectivity index (χ1) is 11.2. The summed E-state index contributed by atoms with van der Waals surface area (Å²) in [4.78, 5) is 14.9. The molecular formula is C15H17N5O2S. The Kier molecular flexibility index (Phi) is 3.60. The number of benzene rings is 1. The van der Waals surface area contributed by atoms with E-state index >= 15 is 0 Å². The molecule has 4 rings (SSSR count). The van der Waals surface area contributed by atoms with E-state index in [4.69, 9.17) is 0 Å². The summed E-state index contributed by atoms with van der Waals surface area (Å²) < 4.78 is 0. The molecule has 2 fully saturated rings. The fourth-order valence-corrected chi connectivity index (χ4v) is 3.85. The minimum atomic E-state index is -0.366. The van der Waals surface area contributed by atoms with Crippen LogP contribution in [0, 0.1) is 10.1 Å². The average molecular weight is 331 g/mol. The molecular weight excluding hydrogens is 314 g/mol. The molecule has 1 aromatic carbocycles. The molecule has 1 saturated carbocycles. The van der Waals surface area contributed by atoms with Gasteiger partial charge in [-0.1, -0.05) is 11.3 Å². The smallest absolute Gasteiger partial charge is 0.269 e. The molecule has 23 heavy (non-hydrogen) atoms. The number of anilines is 2. The molecule has 2 aliphatic rings. The topological polar surface area (TPSA) is 75.4 Å². The van der Waals surface area contributed by atoms with Gasteiger partial charge in [0, 0.05) is 49.9 Å². The monoisotopic (exact) mass is 331 g/mol. The van der Waals surface area contributed by atoms with Crippen LogP contribution in [0.15, 0.2) is 24.3 Å². The number of hydrogen-bond acceptors (Lipinski definition) is 7. The highest BCUT2D eigenvalue weighted by atomic mass is 32.1. The van der Waals surface area contributed by atoms with Crippen LogP contribution in [0.5, 0.6) is 0 Å². The van der Waals surface area contributed by atoms with Gasteiger partial charge in [-0.05, 0) is 25.0 Å². The molecule has 0 atom stereocenters. The van der Waals surface area contributed by atoms with Gasteiger partial charge in [-0.25, -0.2) is 0 Å². The number of nitrogens with zero attached hydrogens (tertiary/aromatic N) is 5. The summed E-state index contributed by atoms with van der Waals surface area (Å²) in [5.74, 6) is 0.655. The number of rotatable bonds is 4. The third-order valence-electron chi connectivity index (χ3n) is 4.33. The summed E-state index contributed by atoms with van der Waals surface area (Å²) in [5, 5.41) is 21.6. The zero-order valence-electron chi connectivity index (χ0n) is 12.6. The van der Waals surface area contributed by atoms with E-state index in [2.05, 4.69) is 20.0 Å². The van der Waals surface area contributed by atoms with Crippen LogP contribution in [0.3, 0.4) is 0 Å². The lowest BCUT2D eigenvalue weighted by Gasteiger charge is -2.35. The fraction of sp³-hybridized carbons (Fsp3) is 0.467. The maximum Gasteiger partial charge on any atom is 0.269 e. The van der Waals surface area contributed by atoms with Gasteiger partial charge in [-0.2, -0.15) is 0 Å². The van der Waals surface area contributed by atoms with Crippen LogP contribution >= 0.6 is 11.3 Å². The van der Waals surface area contributed by atoms with Crippen molar-refractivity contribution in [1.29, 1.82) is 0 Å². The molecule has 2 heterocycles. The standard InChI is InChI=1S/C15H17N5O2S/c21-20(22)13-5-3-12(4-6-13)18-7-9-19(10-8-18)15-17-16-14(23-15)11-1-2-11/h3-6,11H,1-2,7-10H2. The maximum atomic E-state index is 10.7. The second-order valence-electron chi connectivity index (χ2n) is 5.94. The first-order valence-electron chi connectivity index (χ1n) is 7.78. The van der Waals surface area contributed by atoms with E-state index in [-0.39, 0.29) is 10.6 Å². The third kappa shape index (κ3) is 2.98. The van der Waals surface area contributed by atoms with Crippen molar-refractivity contribution in [2.45, 2.75) is 18.8 Å². The van der Waals surface area contributed by atoms with Gasteiger partial charge in [0.2, 0.25) is 5.13 Å². The van der Waals surface area contributed by atoms with Gasteiger partial charge < -0.3 is 9.80 Å². The Morgan fingerprint density at radius 3 is 2.30 bits per heavy atom. The second kappa shape index (κ2) is 5.77. The number of nitro benzene ring substituents is 1. The van der Waals surface area contributed by atoms with E-state index in [0.717, 1.165) is 37.0 Å². The van der Waals surface area contributed by atoms with E-state index in [9.17, 15) is 10.1 Å². The zero-order chi connectivity index (χ0) is 15.8. The van der Waals surface area contributed by atoms with Crippen LogP contribution in [0.2, 0.25) is 0 Å². The summed E-state index contributed by atoms with van der Waals surface area (Å²) in [6.45, 7) is 3.57. The second-order valence-corrected chi connectivity index (χ2v) is 6.93. The summed E-state index contributed by atoms with van der Waals surface area (Å²) in [6, 6.07) is 6.77. The number of aromatic nitrogens is 2. The number of non-ortho nitro benzene ring substituents is 1. The van der Waals surface area contributed by atoms with Crippen molar-refractivity contribution in [2.75, 3.05) is 36.0 Å². The van der Waals surface area contributed by atoms with Crippen LogP contribution in [-0.4, -0.2) is 41.3 Å². The highest BCUT2D eigenvalue weighted by molar-refractivity contribution is 7.15. The van der Waals surface area contributed by atoms with Crippen LogP contribution in [0.4, 0.5) is 16.5 Å². The molecule has 1 aliphatic heterocycles. The molecule has 8 heteroatoms. The van der Waals surface area contributed by atoms with Crippen LogP contribution in [0.1, 0.15) is 23.8 Å². The lowest BCUT2D eigenvalue weighted by atomic mass is 10.2. The number of hydrogen-bond donors (Lipinski definition) is 0. The quantitative estimate of drug-likeness (QED) is 0.633. The molecule has 0 radical (unpaired) electrons. The maximum absolute atomic E-state index is 10.7. The molecule has 0 spiro atoms. The Bertz CT molecular complexity index is 705. The van der Waals surface area contributed by atoms with E-state index < -0.39 is 0 Å². The van der Waals surface area contributed by atoms with Crippen molar-refractivity contribution in [2.24, 2.45) is 0 Å². The number of nitro groups is 1. The summed E-state index contributed by atoms with van der Waals surface area (Å²) in [6.07, 6.45) is 2.51. The van der Waals surface area contributed by atoms with Gasteiger partial charge in [0.25, 0.3) is 5.69 Å². The molecule has 1 saturated heterocycles. The first-order valence-corrected chi connectivity index (χ1v) is 8.60. The molecule has 0 bridgehead atoms. The Labute approximate surface area is 137 Å². The lowest BCUT2D eigenvalue weighted by molar-refractivity contribution is -0.384. The molecule has 1 aromatic heterocycles. The molecule has 1 aliphatic carbocycles. The van der Waals surface area contributed by atoms with E-state index in [1.807, 2.05) is 12.1 Å². The van der Waals surface area contributed by atoms with Gasteiger partial charge in [0.15, 0.2) is 0 Å². The highest BCUT2D eigenvalue weighted by Gasteiger charge is 2.29. The van der Waals surface area contributed by atoms with E-state index in [1.54, 1.807) is 23.5 Å². The number of piperazine rings is 1. The predicted molar refractivity (Wildman–Crippen MR) is 89.4 cm³/mol. The van der Waals surface area contributed by atoms with Crippen molar-refractivity contribution in [3.8, 4) is 0 Å². The summed E-state index contributed by atoms with van der Waals surface area (Å²) in [5.41, 5.74) is 1.17. The van der Waals surface area contributed by atoms with Crippen molar-refractivity contribution >= 4 is 27.8 Å².